The van der Waals surface area contributed by atoms with Gasteiger partial charge in [0.1, 0.15) is 6.29 Å². The van der Waals surface area contributed by atoms with Crippen LogP contribution in [0.2, 0.25) is 0 Å². The highest BCUT2D eigenvalue weighted by Crippen LogP contribution is 2.30. The van der Waals surface area contributed by atoms with E-state index in [1.165, 1.54) is 12.1 Å². The first kappa shape index (κ1) is 10.4. The van der Waals surface area contributed by atoms with E-state index in [-0.39, 0.29) is 11.7 Å². The molecule has 0 radical (unpaired) electrons. The van der Waals surface area contributed by atoms with Crippen molar-refractivity contribution in [2.24, 2.45) is 0 Å². The first-order chi connectivity index (χ1) is 7.61. The number of nitrogens with one attached hydrogen (secondary N) is 1. The second-order valence-electron chi connectivity index (χ2n) is 3.69. The summed E-state index contributed by atoms with van der Waals surface area (Å²) >= 11 is 0. The highest BCUT2D eigenvalue weighted by atomic mass is 16.6. The highest BCUT2D eigenvalue weighted by Gasteiger charge is 2.24. The third-order valence-corrected chi connectivity index (χ3v) is 2.65. The average Bonchev–Trinajstić information content (AvgIpc) is 2.70. The van der Waals surface area contributed by atoms with Crippen molar-refractivity contribution in [3.63, 3.8) is 0 Å². The molecule has 1 unspecified atom stereocenters. The molecule has 1 aromatic rings. The molecule has 2 rings (SSSR count). The van der Waals surface area contributed by atoms with E-state index < -0.39 is 4.92 Å². The molecule has 0 amide bonds. The Morgan fingerprint density at radius 2 is 2.38 bits per heavy atom. The molecule has 0 fully saturated rings. The molecule has 1 N–H and O–H groups in total. The van der Waals surface area contributed by atoms with Gasteiger partial charge in [0.2, 0.25) is 0 Å². The molecule has 1 aliphatic rings. The van der Waals surface area contributed by atoms with Crippen LogP contribution in [0.3, 0.4) is 0 Å². The minimum Gasteiger partial charge on any atom is -0.378 e. The van der Waals surface area contributed by atoms with Crippen molar-refractivity contribution in [3.8, 4) is 0 Å². The Kier molecular flexibility index (Phi) is 2.44. The Morgan fingerprint density at radius 1 is 1.62 bits per heavy atom. The van der Waals surface area contributed by atoms with Crippen molar-refractivity contribution < 1.29 is 9.72 Å². The average molecular weight is 218 g/mol. The van der Waals surface area contributed by atoms with Crippen LogP contribution in [-0.4, -0.2) is 17.3 Å². The molecule has 1 aliphatic heterocycles. The van der Waals surface area contributed by atoms with E-state index in [0.29, 0.717) is 18.3 Å². The number of nitro benzene ring substituents is 1. The summed E-state index contributed by atoms with van der Waals surface area (Å²) in [5.41, 5.74) is 2.21. The van der Waals surface area contributed by atoms with Gasteiger partial charge in [-0.05, 0) is 18.1 Å². The lowest BCUT2D eigenvalue weighted by Gasteiger charge is -2.08. The van der Waals surface area contributed by atoms with Gasteiger partial charge in [-0.15, -0.1) is 0 Å². The summed E-state index contributed by atoms with van der Waals surface area (Å²) in [6.45, 7) is 3.63. The monoisotopic (exact) mass is 218 g/mol. The van der Waals surface area contributed by atoms with Crippen molar-refractivity contribution in [2.45, 2.75) is 12.5 Å². The highest BCUT2D eigenvalue weighted by molar-refractivity contribution is 5.77. The van der Waals surface area contributed by atoms with Crippen LogP contribution in [0.5, 0.6) is 0 Å². The van der Waals surface area contributed by atoms with Gasteiger partial charge in [-0.3, -0.25) is 14.9 Å². The van der Waals surface area contributed by atoms with Crippen molar-refractivity contribution >= 4 is 17.7 Å². The maximum absolute atomic E-state index is 10.6. The molecule has 0 bridgehead atoms. The smallest absolute Gasteiger partial charge is 0.269 e. The number of aldehydes is 1. The Hall–Kier alpha value is -2.17. The van der Waals surface area contributed by atoms with Crippen LogP contribution in [-0.2, 0) is 11.2 Å². The summed E-state index contributed by atoms with van der Waals surface area (Å²) in [4.78, 5) is 20.7. The number of hydrogen-bond donors (Lipinski definition) is 1. The van der Waals surface area contributed by atoms with Crippen LogP contribution >= 0.6 is 0 Å². The summed E-state index contributed by atoms with van der Waals surface area (Å²) < 4.78 is 0. The molecule has 1 aromatic carbocycles. The van der Waals surface area contributed by atoms with E-state index >= 15 is 0 Å². The number of carbonyl (C=O) groups is 1. The predicted octanol–water partition coefficient (Wildman–Crippen LogP) is 1.69. The van der Waals surface area contributed by atoms with Gasteiger partial charge >= 0.3 is 0 Å². The fourth-order valence-corrected chi connectivity index (χ4v) is 1.77. The van der Waals surface area contributed by atoms with Crippen molar-refractivity contribution in [1.29, 1.82) is 0 Å². The topological polar surface area (TPSA) is 72.2 Å². The summed E-state index contributed by atoms with van der Waals surface area (Å²) in [5, 5.41) is 13.7. The molecule has 5 heteroatoms. The van der Waals surface area contributed by atoms with Gasteiger partial charge in [0.25, 0.3) is 5.69 Å². The van der Waals surface area contributed by atoms with Crippen LogP contribution in [0.25, 0.3) is 0 Å². The minimum absolute atomic E-state index is 0.0675. The Labute approximate surface area is 91.9 Å². The number of hydrogen-bond acceptors (Lipinski definition) is 4. The van der Waals surface area contributed by atoms with E-state index in [2.05, 4.69) is 11.9 Å². The lowest BCUT2D eigenvalue weighted by molar-refractivity contribution is -0.384. The molecule has 0 aliphatic carbocycles. The van der Waals surface area contributed by atoms with Gasteiger partial charge in [0.15, 0.2) is 0 Å². The van der Waals surface area contributed by atoms with Crippen molar-refractivity contribution in [2.75, 3.05) is 5.32 Å². The van der Waals surface area contributed by atoms with E-state index in [1.54, 1.807) is 6.07 Å². The first-order valence-corrected chi connectivity index (χ1v) is 4.79. The number of nitrogens with zero attached hydrogens (tertiary/aromatic N) is 1. The maximum Gasteiger partial charge on any atom is 0.269 e. The summed E-state index contributed by atoms with van der Waals surface area (Å²) in [7, 11) is 0. The van der Waals surface area contributed by atoms with Gasteiger partial charge in [-0.1, -0.05) is 6.58 Å². The van der Waals surface area contributed by atoms with Gasteiger partial charge in [-0.25, -0.2) is 0 Å². The Morgan fingerprint density at radius 3 is 3.00 bits per heavy atom. The van der Waals surface area contributed by atoms with Crippen LogP contribution in [0, 0.1) is 10.1 Å². The van der Waals surface area contributed by atoms with Crippen molar-refractivity contribution in [3.05, 3.63) is 46.0 Å². The van der Waals surface area contributed by atoms with Crippen LogP contribution in [0.1, 0.15) is 5.56 Å². The van der Waals surface area contributed by atoms with Gasteiger partial charge in [0, 0.05) is 23.4 Å². The largest absolute Gasteiger partial charge is 0.378 e. The Bertz CT molecular complexity index is 482. The molecule has 0 saturated carbocycles. The zero-order valence-electron chi connectivity index (χ0n) is 8.47. The lowest BCUT2D eigenvalue weighted by Crippen LogP contribution is -2.18. The molecule has 1 heterocycles. The fourth-order valence-electron chi connectivity index (χ4n) is 1.77. The van der Waals surface area contributed by atoms with Crippen LogP contribution < -0.4 is 5.32 Å². The van der Waals surface area contributed by atoms with Gasteiger partial charge in [-0.2, -0.15) is 0 Å². The number of fused-ring (bicyclic) bond motifs is 1. The number of nitro groups is 1. The molecule has 82 valence electrons. The van der Waals surface area contributed by atoms with E-state index in [0.717, 1.165) is 11.3 Å². The number of anilines is 1. The molecule has 16 heavy (non-hydrogen) atoms. The number of carbonyl (C=O) groups excluding carboxylic acids is 1. The van der Waals surface area contributed by atoms with E-state index in [1.807, 2.05) is 0 Å². The van der Waals surface area contributed by atoms with Crippen molar-refractivity contribution in [1.82, 2.24) is 0 Å². The standard InChI is InChI=1S/C11H10N2O3/c1-7(6-14)11-5-8-4-9(13(15)16)2-3-10(8)12-11/h2-4,6,11-12H,1,5H2. The quantitative estimate of drug-likeness (QED) is 0.362. The molecular formula is C11H10N2O3. The zero-order valence-corrected chi connectivity index (χ0v) is 8.47. The second kappa shape index (κ2) is 3.77. The van der Waals surface area contributed by atoms with E-state index in [9.17, 15) is 14.9 Å². The van der Waals surface area contributed by atoms with Gasteiger partial charge in [0.05, 0.1) is 11.0 Å². The predicted molar refractivity (Wildman–Crippen MR) is 59.4 cm³/mol. The van der Waals surface area contributed by atoms with E-state index in [4.69, 9.17) is 0 Å². The third-order valence-electron chi connectivity index (χ3n) is 2.65. The third kappa shape index (κ3) is 1.67. The minimum atomic E-state index is -0.428. The summed E-state index contributed by atoms with van der Waals surface area (Å²) in [6.07, 6.45) is 1.27. The number of non-ortho nitro benzene ring substituents is 1. The molecule has 1 atom stereocenters. The molecular weight excluding hydrogens is 208 g/mol. The van der Waals surface area contributed by atoms with Gasteiger partial charge < -0.3 is 5.32 Å². The molecule has 5 nitrogen and oxygen atoms in total. The lowest BCUT2D eigenvalue weighted by atomic mass is 10.1. The summed E-state index contributed by atoms with van der Waals surface area (Å²) in [5.74, 6) is 0. The number of benzene rings is 1. The molecule has 0 aromatic heterocycles. The normalized spacial score (nSPS) is 17.4. The molecule has 0 spiro atoms. The SMILES string of the molecule is C=C(C=O)C1Cc2cc([N+](=O)[O-])ccc2N1. The maximum atomic E-state index is 10.6. The van der Waals surface area contributed by atoms with Crippen LogP contribution in [0.15, 0.2) is 30.4 Å². The first-order valence-electron chi connectivity index (χ1n) is 4.79. The molecule has 0 saturated heterocycles. The van der Waals surface area contributed by atoms with Crippen LogP contribution in [0.4, 0.5) is 11.4 Å². The zero-order chi connectivity index (χ0) is 11.7. The summed E-state index contributed by atoms with van der Waals surface area (Å²) in [6, 6.07) is 4.48. The number of rotatable bonds is 3. The Balaban J connectivity index is 2.28. The fraction of sp³-hybridized carbons (Fsp3) is 0.182. The second-order valence-corrected chi connectivity index (χ2v) is 3.69.